The number of rotatable bonds is 2. The minimum Gasteiger partial charge on any atom is -0.338 e. The van der Waals surface area contributed by atoms with Gasteiger partial charge in [0.2, 0.25) is 5.89 Å². The first-order chi connectivity index (χ1) is 8.84. The maximum Gasteiger partial charge on any atom is 0.243 e. The van der Waals surface area contributed by atoms with E-state index in [0.717, 1.165) is 24.7 Å². The molecule has 3 heterocycles. The number of hydrogen-bond acceptors (Lipinski definition) is 6. The fraction of sp³-hybridized carbons (Fsp3) is 0.833. The minimum atomic E-state index is 0.275. The van der Waals surface area contributed by atoms with E-state index in [9.17, 15) is 0 Å². The molecule has 100 valence electrons. The lowest BCUT2D eigenvalue weighted by Gasteiger charge is -2.25. The Bertz CT molecular complexity index is 392. The van der Waals surface area contributed by atoms with Gasteiger partial charge in [-0.25, -0.2) is 0 Å². The second-order valence-electron chi connectivity index (χ2n) is 4.86. The Morgan fingerprint density at radius 1 is 1.28 bits per heavy atom. The number of piperidine rings is 1. The fourth-order valence-corrected chi connectivity index (χ4v) is 5.16. The molecule has 1 aromatic rings. The Labute approximate surface area is 116 Å². The molecule has 2 saturated heterocycles. The zero-order valence-electron chi connectivity index (χ0n) is 10.6. The van der Waals surface area contributed by atoms with Crippen LogP contribution in [0, 0.1) is 0 Å². The zero-order valence-corrected chi connectivity index (χ0v) is 12.2. The van der Waals surface area contributed by atoms with Crippen LogP contribution >= 0.6 is 23.5 Å². The van der Waals surface area contributed by atoms with E-state index < -0.39 is 0 Å². The lowest BCUT2D eigenvalue weighted by atomic mass is 10.1. The molecule has 1 N–H and O–H groups in total. The molecular weight excluding hydrogens is 266 g/mol. The van der Waals surface area contributed by atoms with Crippen molar-refractivity contribution < 1.29 is 4.52 Å². The minimum absolute atomic E-state index is 0.275. The van der Waals surface area contributed by atoms with Crippen molar-refractivity contribution in [2.75, 3.05) is 18.1 Å². The van der Waals surface area contributed by atoms with Gasteiger partial charge in [-0.3, -0.25) is 0 Å². The first kappa shape index (κ1) is 12.8. The smallest absolute Gasteiger partial charge is 0.243 e. The van der Waals surface area contributed by atoms with Crippen LogP contribution in [0.15, 0.2) is 4.52 Å². The van der Waals surface area contributed by atoms with Crippen molar-refractivity contribution in [1.82, 2.24) is 15.5 Å². The van der Waals surface area contributed by atoms with Crippen molar-refractivity contribution >= 4 is 23.5 Å². The average Bonchev–Trinajstić information content (AvgIpc) is 2.90. The summed E-state index contributed by atoms with van der Waals surface area (Å²) in [5.74, 6) is 4.10. The maximum absolute atomic E-state index is 5.46. The van der Waals surface area contributed by atoms with E-state index in [0.29, 0.717) is 10.5 Å². The molecule has 3 atom stereocenters. The normalized spacial score (nSPS) is 33.5. The van der Waals surface area contributed by atoms with Crippen LogP contribution in [-0.4, -0.2) is 33.4 Å². The molecule has 0 radical (unpaired) electrons. The Morgan fingerprint density at radius 2 is 2.17 bits per heavy atom. The average molecular weight is 285 g/mol. The molecule has 18 heavy (non-hydrogen) atoms. The van der Waals surface area contributed by atoms with E-state index in [-0.39, 0.29) is 6.04 Å². The summed E-state index contributed by atoms with van der Waals surface area (Å²) < 4.78 is 5.46. The second kappa shape index (κ2) is 5.84. The van der Waals surface area contributed by atoms with E-state index >= 15 is 0 Å². The highest BCUT2D eigenvalue weighted by atomic mass is 32.2. The van der Waals surface area contributed by atoms with Gasteiger partial charge in [0.1, 0.15) is 0 Å². The molecule has 2 unspecified atom stereocenters. The van der Waals surface area contributed by atoms with E-state index in [4.69, 9.17) is 4.52 Å². The third-order valence-corrected chi connectivity index (χ3v) is 6.59. The zero-order chi connectivity index (χ0) is 12.4. The number of thioether (sulfide) groups is 2. The second-order valence-corrected chi connectivity index (χ2v) is 7.60. The summed E-state index contributed by atoms with van der Waals surface area (Å²) in [6, 6.07) is 0.275. The Hall–Kier alpha value is -0.200. The standard InChI is InChI=1S/C12H19N3OS2/c1-8-10(18-7-6-17-8)11-14-12(16-15-11)9-4-2-3-5-13-9/h8-10,13H,2-7H2,1H3/t8?,9-,10?/m1/s1. The first-order valence-corrected chi connectivity index (χ1v) is 8.74. The van der Waals surface area contributed by atoms with E-state index in [1.54, 1.807) is 0 Å². The molecule has 3 rings (SSSR count). The van der Waals surface area contributed by atoms with Gasteiger partial charge in [-0.1, -0.05) is 18.5 Å². The predicted octanol–water partition coefficient (Wildman–Crippen LogP) is 2.79. The van der Waals surface area contributed by atoms with Gasteiger partial charge >= 0.3 is 0 Å². The summed E-state index contributed by atoms with van der Waals surface area (Å²) >= 11 is 3.97. The quantitative estimate of drug-likeness (QED) is 0.902. The first-order valence-electron chi connectivity index (χ1n) is 6.64. The summed E-state index contributed by atoms with van der Waals surface area (Å²) in [4.78, 5) is 4.63. The van der Waals surface area contributed by atoms with E-state index in [1.807, 2.05) is 23.5 Å². The van der Waals surface area contributed by atoms with Gasteiger partial charge in [-0.15, -0.1) is 11.8 Å². The molecule has 0 saturated carbocycles. The molecular formula is C12H19N3OS2. The van der Waals surface area contributed by atoms with Crippen LogP contribution in [0.5, 0.6) is 0 Å². The van der Waals surface area contributed by atoms with Gasteiger partial charge in [-0.05, 0) is 19.4 Å². The summed E-state index contributed by atoms with van der Waals surface area (Å²) in [5, 5.41) is 8.63. The van der Waals surface area contributed by atoms with Gasteiger partial charge < -0.3 is 9.84 Å². The van der Waals surface area contributed by atoms with Crippen LogP contribution in [-0.2, 0) is 0 Å². The lowest BCUT2D eigenvalue weighted by Crippen LogP contribution is -2.27. The third-order valence-electron chi connectivity index (χ3n) is 3.51. The van der Waals surface area contributed by atoms with Crippen molar-refractivity contribution in [2.24, 2.45) is 0 Å². The molecule has 0 spiro atoms. The largest absolute Gasteiger partial charge is 0.338 e. The molecule has 0 aromatic carbocycles. The number of aromatic nitrogens is 2. The van der Waals surface area contributed by atoms with Gasteiger partial charge in [0, 0.05) is 16.8 Å². The maximum atomic E-state index is 5.46. The molecule has 4 nitrogen and oxygen atoms in total. The number of hydrogen-bond donors (Lipinski definition) is 1. The van der Waals surface area contributed by atoms with Gasteiger partial charge in [0.25, 0.3) is 0 Å². The molecule has 0 amide bonds. The topological polar surface area (TPSA) is 51.0 Å². The molecule has 2 fully saturated rings. The van der Waals surface area contributed by atoms with Gasteiger partial charge in [-0.2, -0.15) is 16.7 Å². The van der Waals surface area contributed by atoms with Crippen molar-refractivity contribution in [3.8, 4) is 0 Å². The van der Waals surface area contributed by atoms with Crippen LogP contribution in [0.25, 0.3) is 0 Å². The lowest BCUT2D eigenvalue weighted by molar-refractivity contribution is 0.296. The van der Waals surface area contributed by atoms with Gasteiger partial charge in [0.05, 0.1) is 11.3 Å². The molecule has 6 heteroatoms. The molecule has 0 bridgehead atoms. The highest BCUT2D eigenvalue weighted by Crippen LogP contribution is 2.41. The summed E-state index contributed by atoms with van der Waals surface area (Å²) in [6.45, 7) is 3.32. The van der Waals surface area contributed by atoms with Crippen molar-refractivity contribution in [1.29, 1.82) is 0 Å². The SMILES string of the molecule is CC1SCCSC1c1noc([C@H]2CCCCN2)n1. The third kappa shape index (κ3) is 2.70. The molecule has 1 aromatic heterocycles. The highest BCUT2D eigenvalue weighted by Gasteiger charge is 2.30. The number of nitrogens with zero attached hydrogens (tertiary/aromatic N) is 2. The summed E-state index contributed by atoms with van der Waals surface area (Å²) in [6.07, 6.45) is 3.62. The van der Waals surface area contributed by atoms with Crippen LogP contribution in [0.3, 0.4) is 0 Å². The number of nitrogens with one attached hydrogen (secondary N) is 1. The summed E-state index contributed by atoms with van der Waals surface area (Å²) in [5.41, 5.74) is 0. The Balaban J connectivity index is 1.71. The Kier molecular flexibility index (Phi) is 4.16. The molecule has 0 aliphatic carbocycles. The van der Waals surface area contributed by atoms with Crippen LogP contribution in [0.1, 0.15) is 49.2 Å². The van der Waals surface area contributed by atoms with Crippen molar-refractivity contribution in [3.63, 3.8) is 0 Å². The molecule has 2 aliphatic heterocycles. The van der Waals surface area contributed by atoms with Gasteiger partial charge in [0.15, 0.2) is 5.82 Å². The molecule has 2 aliphatic rings. The monoisotopic (exact) mass is 285 g/mol. The summed E-state index contributed by atoms with van der Waals surface area (Å²) in [7, 11) is 0. The van der Waals surface area contributed by atoms with Crippen LogP contribution in [0.4, 0.5) is 0 Å². The van der Waals surface area contributed by atoms with Crippen LogP contribution < -0.4 is 5.32 Å². The van der Waals surface area contributed by atoms with Crippen LogP contribution in [0.2, 0.25) is 0 Å². The van der Waals surface area contributed by atoms with Crippen molar-refractivity contribution in [2.45, 2.75) is 42.7 Å². The fourth-order valence-electron chi connectivity index (χ4n) is 2.48. The van der Waals surface area contributed by atoms with E-state index in [2.05, 4.69) is 22.4 Å². The van der Waals surface area contributed by atoms with E-state index in [1.165, 1.54) is 24.3 Å². The van der Waals surface area contributed by atoms with Crippen molar-refractivity contribution in [3.05, 3.63) is 11.7 Å². The Morgan fingerprint density at radius 3 is 2.94 bits per heavy atom. The predicted molar refractivity (Wildman–Crippen MR) is 76.0 cm³/mol. The highest BCUT2D eigenvalue weighted by molar-refractivity contribution is 8.06.